The third-order valence-electron chi connectivity index (χ3n) is 6.17. The average molecular weight is 412 g/mol. The van der Waals surface area contributed by atoms with Crippen LogP contribution < -0.4 is 5.32 Å². The highest BCUT2D eigenvalue weighted by atomic mass is 35.5. The van der Waals surface area contributed by atoms with Gasteiger partial charge in [0.15, 0.2) is 0 Å². The van der Waals surface area contributed by atoms with Crippen LogP contribution in [0.2, 0.25) is 5.02 Å². The van der Waals surface area contributed by atoms with Crippen LogP contribution in [0.4, 0.5) is 5.95 Å². The maximum absolute atomic E-state index is 6.48. The Balaban J connectivity index is 1.30. The van der Waals surface area contributed by atoms with E-state index < -0.39 is 0 Å². The van der Waals surface area contributed by atoms with Gasteiger partial charge in [0.2, 0.25) is 5.95 Å². The lowest BCUT2D eigenvalue weighted by molar-refractivity contribution is 0.313. The minimum Gasteiger partial charge on any atom is -0.351 e. The number of nitrogens with zero attached hydrogens (tertiary/aromatic N) is 6. The molecule has 0 radical (unpaired) electrons. The van der Waals surface area contributed by atoms with Gasteiger partial charge < -0.3 is 5.32 Å². The summed E-state index contributed by atoms with van der Waals surface area (Å²) in [5.74, 6) is 1.42. The standard InChI is InChI=1S/C21H26ClN7/c1-28-19(11-14-3-4-14)17(12-25-28)20-18(22)13-23-21(27-20)26-15-5-7-16(8-6-15)29-10-2-9-24-29/h2,9-10,12-16H,3-8,11H2,1H3,(H,23,26,27)/t15-,16-. The van der Waals surface area contributed by atoms with Crippen LogP contribution in [0, 0.1) is 5.92 Å². The van der Waals surface area contributed by atoms with Crippen LogP contribution in [0.25, 0.3) is 11.3 Å². The molecule has 2 aliphatic carbocycles. The van der Waals surface area contributed by atoms with Crippen molar-refractivity contribution in [2.75, 3.05) is 5.32 Å². The van der Waals surface area contributed by atoms with Crippen LogP contribution in [0.3, 0.4) is 0 Å². The van der Waals surface area contributed by atoms with Crippen molar-refractivity contribution >= 4 is 17.5 Å². The fourth-order valence-electron chi connectivity index (χ4n) is 4.29. The third-order valence-corrected chi connectivity index (χ3v) is 6.45. The van der Waals surface area contributed by atoms with E-state index in [-0.39, 0.29) is 0 Å². The topological polar surface area (TPSA) is 73.5 Å². The van der Waals surface area contributed by atoms with Gasteiger partial charge in [-0.05, 0) is 56.9 Å². The fourth-order valence-corrected chi connectivity index (χ4v) is 4.48. The highest BCUT2D eigenvalue weighted by molar-refractivity contribution is 6.32. The van der Waals surface area contributed by atoms with Crippen LogP contribution in [-0.4, -0.2) is 35.6 Å². The Labute approximate surface area is 175 Å². The number of hydrogen-bond donors (Lipinski definition) is 1. The van der Waals surface area contributed by atoms with Gasteiger partial charge in [-0.15, -0.1) is 0 Å². The van der Waals surface area contributed by atoms with Crippen molar-refractivity contribution in [3.05, 3.63) is 41.6 Å². The molecule has 0 unspecified atom stereocenters. The van der Waals surface area contributed by atoms with Crippen LogP contribution in [0.1, 0.15) is 50.3 Å². The minimum absolute atomic E-state index is 0.371. The Bertz CT molecular complexity index is 969. The van der Waals surface area contributed by atoms with Gasteiger partial charge in [0.1, 0.15) is 0 Å². The number of anilines is 1. The first-order chi connectivity index (χ1) is 14.2. The second kappa shape index (κ2) is 7.78. The van der Waals surface area contributed by atoms with Crippen molar-refractivity contribution in [3.8, 4) is 11.3 Å². The first-order valence-corrected chi connectivity index (χ1v) is 10.8. The van der Waals surface area contributed by atoms with Gasteiger partial charge in [-0.3, -0.25) is 9.36 Å². The van der Waals surface area contributed by atoms with Gasteiger partial charge in [0, 0.05) is 36.7 Å². The molecule has 0 spiro atoms. The highest BCUT2D eigenvalue weighted by Gasteiger charge is 2.27. The van der Waals surface area contributed by atoms with Crippen LogP contribution in [0.15, 0.2) is 30.9 Å². The molecule has 5 rings (SSSR count). The lowest BCUT2D eigenvalue weighted by atomic mass is 9.91. The molecule has 3 heterocycles. The molecule has 152 valence electrons. The van der Waals surface area contributed by atoms with E-state index in [1.807, 2.05) is 30.2 Å². The van der Waals surface area contributed by atoms with Crippen LogP contribution in [0.5, 0.6) is 0 Å². The van der Waals surface area contributed by atoms with Crippen molar-refractivity contribution in [1.82, 2.24) is 29.5 Å². The van der Waals surface area contributed by atoms with E-state index in [9.17, 15) is 0 Å². The van der Waals surface area contributed by atoms with E-state index >= 15 is 0 Å². The molecule has 8 heteroatoms. The quantitative estimate of drug-likeness (QED) is 0.655. The summed E-state index contributed by atoms with van der Waals surface area (Å²) in [6.07, 6.45) is 15.5. The Morgan fingerprint density at radius 2 is 1.93 bits per heavy atom. The van der Waals surface area contributed by atoms with Gasteiger partial charge in [0.25, 0.3) is 0 Å². The Morgan fingerprint density at radius 3 is 2.66 bits per heavy atom. The smallest absolute Gasteiger partial charge is 0.223 e. The average Bonchev–Trinajstić information content (AvgIpc) is 3.24. The van der Waals surface area contributed by atoms with E-state index in [4.69, 9.17) is 16.6 Å². The lowest BCUT2D eigenvalue weighted by Crippen LogP contribution is -2.28. The number of aromatic nitrogens is 6. The summed E-state index contributed by atoms with van der Waals surface area (Å²) < 4.78 is 4.03. The van der Waals surface area contributed by atoms with E-state index in [1.165, 1.54) is 18.5 Å². The second-order valence-electron chi connectivity index (χ2n) is 8.30. The molecular formula is C21H26ClN7. The molecule has 0 aromatic carbocycles. The van der Waals surface area contributed by atoms with Gasteiger partial charge in [0.05, 0.1) is 29.2 Å². The number of halogens is 1. The molecule has 0 bridgehead atoms. The Morgan fingerprint density at radius 1 is 1.10 bits per heavy atom. The van der Waals surface area contributed by atoms with Crippen molar-refractivity contribution in [1.29, 1.82) is 0 Å². The summed E-state index contributed by atoms with van der Waals surface area (Å²) in [6, 6.07) is 2.85. The maximum Gasteiger partial charge on any atom is 0.223 e. The number of rotatable bonds is 6. The molecule has 0 saturated heterocycles. The van der Waals surface area contributed by atoms with Crippen molar-refractivity contribution in [2.45, 2.75) is 57.0 Å². The van der Waals surface area contributed by atoms with Crippen molar-refractivity contribution < 1.29 is 0 Å². The molecule has 3 aromatic heterocycles. The molecule has 29 heavy (non-hydrogen) atoms. The second-order valence-corrected chi connectivity index (χ2v) is 8.71. The van der Waals surface area contributed by atoms with E-state index in [2.05, 4.69) is 31.4 Å². The molecule has 0 atom stereocenters. The first-order valence-electron chi connectivity index (χ1n) is 10.5. The zero-order valence-corrected chi connectivity index (χ0v) is 17.4. The maximum atomic E-state index is 6.48. The fraction of sp³-hybridized carbons (Fsp3) is 0.524. The van der Waals surface area contributed by atoms with Crippen LogP contribution >= 0.6 is 11.6 Å². The molecule has 3 aromatic rings. The lowest BCUT2D eigenvalue weighted by Gasteiger charge is -2.29. The first kappa shape index (κ1) is 18.6. The molecule has 0 aliphatic heterocycles. The van der Waals surface area contributed by atoms with E-state index in [0.29, 0.717) is 23.1 Å². The molecule has 2 saturated carbocycles. The predicted molar refractivity (Wildman–Crippen MR) is 113 cm³/mol. The Hall–Kier alpha value is -2.41. The predicted octanol–water partition coefficient (Wildman–Crippen LogP) is 4.28. The summed E-state index contributed by atoms with van der Waals surface area (Å²) in [4.78, 5) is 9.22. The summed E-state index contributed by atoms with van der Waals surface area (Å²) in [5.41, 5.74) is 3.01. The molecule has 0 amide bonds. The third kappa shape index (κ3) is 4.01. The molecular weight excluding hydrogens is 386 g/mol. The highest BCUT2D eigenvalue weighted by Crippen LogP contribution is 2.37. The largest absolute Gasteiger partial charge is 0.351 e. The van der Waals surface area contributed by atoms with Gasteiger partial charge >= 0.3 is 0 Å². The molecule has 1 N–H and O–H groups in total. The van der Waals surface area contributed by atoms with E-state index in [1.54, 1.807) is 6.20 Å². The minimum atomic E-state index is 0.371. The number of nitrogens with one attached hydrogen (secondary N) is 1. The summed E-state index contributed by atoms with van der Waals surface area (Å²) in [6.45, 7) is 0. The normalized spacial score (nSPS) is 22.0. The summed E-state index contributed by atoms with van der Waals surface area (Å²) in [5, 5.41) is 12.9. The monoisotopic (exact) mass is 411 g/mol. The van der Waals surface area contributed by atoms with E-state index in [0.717, 1.165) is 49.3 Å². The number of hydrogen-bond acceptors (Lipinski definition) is 5. The zero-order valence-electron chi connectivity index (χ0n) is 16.6. The molecule has 2 fully saturated rings. The van der Waals surface area contributed by atoms with Gasteiger partial charge in [-0.2, -0.15) is 10.2 Å². The molecule has 7 nitrogen and oxygen atoms in total. The van der Waals surface area contributed by atoms with Crippen molar-refractivity contribution in [3.63, 3.8) is 0 Å². The van der Waals surface area contributed by atoms with Gasteiger partial charge in [-0.25, -0.2) is 9.97 Å². The van der Waals surface area contributed by atoms with Crippen molar-refractivity contribution in [2.24, 2.45) is 13.0 Å². The SMILES string of the molecule is Cn1ncc(-c2nc(N[C@H]3CC[C@H](n4cccn4)CC3)ncc2Cl)c1CC1CC1. The van der Waals surface area contributed by atoms with Gasteiger partial charge in [-0.1, -0.05) is 11.6 Å². The Kier molecular flexibility index (Phi) is 4.99. The molecule has 2 aliphatic rings. The zero-order chi connectivity index (χ0) is 19.8. The number of aryl methyl sites for hydroxylation is 1. The van der Waals surface area contributed by atoms with Crippen LogP contribution in [-0.2, 0) is 13.5 Å². The summed E-state index contributed by atoms with van der Waals surface area (Å²) >= 11 is 6.48. The summed E-state index contributed by atoms with van der Waals surface area (Å²) in [7, 11) is 1.99.